The van der Waals surface area contributed by atoms with E-state index in [0.717, 1.165) is 25.3 Å². The molecule has 1 aromatic carbocycles. The fourth-order valence-electron chi connectivity index (χ4n) is 2.86. The second-order valence-corrected chi connectivity index (χ2v) is 5.59. The van der Waals surface area contributed by atoms with Crippen molar-refractivity contribution in [2.75, 3.05) is 13.7 Å². The minimum Gasteiger partial charge on any atom is -0.494 e. The second kappa shape index (κ2) is 6.31. The van der Waals surface area contributed by atoms with Crippen LogP contribution in [0.15, 0.2) is 18.2 Å². The molecule has 0 unspecified atom stereocenters. The van der Waals surface area contributed by atoms with Crippen LogP contribution in [0, 0.1) is 6.92 Å². The van der Waals surface area contributed by atoms with Gasteiger partial charge in [0.15, 0.2) is 0 Å². The summed E-state index contributed by atoms with van der Waals surface area (Å²) in [5.74, 6) is 0.970. The monoisotopic (exact) mass is 274 g/mol. The zero-order valence-corrected chi connectivity index (χ0v) is 13.3. The standard InChI is InChI=1S/C17H26N2O/c1-6-9-20-14-7-8-17-15(10-14)16(11-18-5)13(4)19(17)12(2)3/h7-8,10,12,18H,6,9,11H2,1-5H3. The lowest BCUT2D eigenvalue weighted by Crippen LogP contribution is -2.08. The zero-order valence-electron chi connectivity index (χ0n) is 13.3. The SMILES string of the molecule is CCCOc1ccc2c(c1)c(CNC)c(C)n2C(C)C. The lowest BCUT2D eigenvalue weighted by Gasteiger charge is -2.13. The molecule has 1 N–H and O–H groups in total. The van der Waals surface area contributed by atoms with Crippen molar-refractivity contribution in [3.05, 3.63) is 29.5 Å². The van der Waals surface area contributed by atoms with Crippen LogP contribution in [0.2, 0.25) is 0 Å². The van der Waals surface area contributed by atoms with E-state index in [1.54, 1.807) is 0 Å². The Hall–Kier alpha value is -1.48. The number of nitrogens with zero attached hydrogens (tertiary/aromatic N) is 1. The molecule has 0 saturated carbocycles. The Morgan fingerprint density at radius 2 is 2.05 bits per heavy atom. The van der Waals surface area contributed by atoms with E-state index in [9.17, 15) is 0 Å². The normalized spacial score (nSPS) is 11.5. The first kappa shape index (κ1) is 14.9. The Morgan fingerprint density at radius 1 is 1.30 bits per heavy atom. The van der Waals surface area contributed by atoms with Gasteiger partial charge in [-0.05, 0) is 58.0 Å². The van der Waals surface area contributed by atoms with Gasteiger partial charge in [0.25, 0.3) is 0 Å². The summed E-state index contributed by atoms with van der Waals surface area (Å²) in [5, 5.41) is 4.58. The molecule has 2 aromatic rings. The summed E-state index contributed by atoms with van der Waals surface area (Å²) in [7, 11) is 2.00. The minimum absolute atomic E-state index is 0.463. The third-order valence-electron chi connectivity index (χ3n) is 3.69. The third kappa shape index (κ3) is 2.68. The van der Waals surface area contributed by atoms with Gasteiger partial charge in [0.05, 0.1) is 6.61 Å². The van der Waals surface area contributed by atoms with Gasteiger partial charge in [-0.2, -0.15) is 0 Å². The van der Waals surface area contributed by atoms with E-state index >= 15 is 0 Å². The third-order valence-corrected chi connectivity index (χ3v) is 3.69. The fraction of sp³-hybridized carbons (Fsp3) is 0.529. The van der Waals surface area contributed by atoms with Gasteiger partial charge in [0.2, 0.25) is 0 Å². The van der Waals surface area contributed by atoms with E-state index in [-0.39, 0.29) is 0 Å². The van der Waals surface area contributed by atoms with Crippen LogP contribution in [-0.4, -0.2) is 18.2 Å². The number of fused-ring (bicyclic) bond motifs is 1. The average Bonchev–Trinajstić information content (AvgIpc) is 2.69. The summed E-state index contributed by atoms with van der Waals surface area (Å²) in [6.07, 6.45) is 1.04. The van der Waals surface area contributed by atoms with Crippen LogP contribution in [-0.2, 0) is 6.54 Å². The Labute approximate surface area is 121 Å². The van der Waals surface area contributed by atoms with Crippen LogP contribution in [0.4, 0.5) is 0 Å². The average molecular weight is 274 g/mol. The fourth-order valence-corrected chi connectivity index (χ4v) is 2.86. The highest BCUT2D eigenvalue weighted by Gasteiger charge is 2.15. The summed E-state index contributed by atoms with van der Waals surface area (Å²) in [6, 6.07) is 6.92. The van der Waals surface area contributed by atoms with Crippen molar-refractivity contribution >= 4 is 10.9 Å². The molecule has 110 valence electrons. The molecule has 0 saturated heterocycles. The minimum atomic E-state index is 0.463. The maximum absolute atomic E-state index is 5.78. The summed E-state index contributed by atoms with van der Waals surface area (Å²) >= 11 is 0. The maximum atomic E-state index is 5.78. The van der Waals surface area contributed by atoms with Crippen molar-refractivity contribution in [3.63, 3.8) is 0 Å². The molecule has 0 aliphatic rings. The van der Waals surface area contributed by atoms with Crippen LogP contribution < -0.4 is 10.1 Å². The van der Waals surface area contributed by atoms with Crippen LogP contribution >= 0.6 is 0 Å². The molecule has 0 aliphatic carbocycles. The highest BCUT2D eigenvalue weighted by atomic mass is 16.5. The topological polar surface area (TPSA) is 26.2 Å². The Morgan fingerprint density at radius 3 is 2.65 bits per heavy atom. The first-order chi connectivity index (χ1) is 9.60. The highest BCUT2D eigenvalue weighted by molar-refractivity contribution is 5.87. The zero-order chi connectivity index (χ0) is 14.7. The molecule has 0 spiro atoms. The summed E-state index contributed by atoms with van der Waals surface area (Å²) in [6.45, 7) is 10.5. The van der Waals surface area contributed by atoms with Gasteiger partial charge in [-0.25, -0.2) is 0 Å². The quantitative estimate of drug-likeness (QED) is 0.860. The molecule has 3 heteroatoms. The van der Waals surface area contributed by atoms with Gasteiger partial charge in [0, 0.05) is 29.2 Å². The van der Waals surface area contributed by atoms with Crippen LogP contribution in [0.1, 0.15) is 44.5 Å². The van der Waals surface area contributed by atoms with Gasteiger partial charge >= 0.3 is 0 Å². The van der Waals surface area contributed by atoms with Crippen LogP contribution in [0.3, 0.4) is 0 Å². The summed E-state index contributed by atoms with van der Waals surface area (Å²) in [5.41, 5.74) is 4.02. The number of nitrogens with one attached hydrogen (secondary N) is 1. The van der Waals surface area contributed by atoms with E-state index in [2.05, 4.69) is 55.8 Å². The summed E-state index contributed by atoms with van der Waals surface area (Å²) in [4.78, 5) is 0. The molecule has 3 nitrogen and oxygen atoms in total. The first-order valence-corrected chi connectivity index (χ1v) is 7.51. The van der Waals surface area contributed by atoms with Crippen molar-refractivity contribution in [2.45, 2.75) is 46.7 Å². The Balaban J connectivity index is 2.57. The van der Waals surface area contributed by atoms with Crippen molar-refractivity contribution in [2.24, 2.45) is 0 Å². The van der Waals surface area contributed by atoms with Crippen molar-refractivity contribution < 1.29 is 4.74 Å². The van der Waals surface area contributed by atoms with Crippen molar-refractivity contribution in [1.29, 1.82) is 0 Å². The van der Waals surface area contributed by atoms with Crippen molar-refractivity contribution in [1.82, 2.24) is 9.88 Å². The van der Waals surface area contributed by atoms with E-state index in [0.29, 0.717) is 6.04 Å². The molecular formula is C17H26N2O. The molecule has 1 heterocycles. The first-order valence-electron chi connectivity index (χ1n) is 7.51. The lowest BCUT2D eigenvalue weighted by atomic mass is 10.1. The summed E-state index contributed by atoms with van der Waals surface area (Å²) < 4.78 is 8.18. The molecule has 0 aliphatic heterocycles. The van der Waals surface area contributed by atoms with E-state index in [1.165, 1.54) is 22.2 Å². The molecule has 0 amide bonds. The van der Waals surface area contributed by atoms with Crippen molar-refractivity contribution in [3.8, 4) is 5.75 Å². The predicted octanol–water partition coefficient (Wildman–Crippen LogP) is 4.04. The molecular weight excluding hydrogens is 248 g/mol. The maximum Gasteiger partial charge on any atom is 0.120 e. The predicted molar refractivity (Wildman–Crippen MR) is 85.6 cm³/mol. The number of hydrogen-bond donors (Lipinski definition) is 1. The Bertz CT molecular complexity index is 584. The van der Waals surface area contributed by atoms with Gasteiger partial charge in [-0.3, -0.25) is 0 Å². The van der Waals surface area contributed by atoms with Crippen LogP contribution in [0.5, 0.6) is 5.75 Å². The van der Waals surface area contributed by atoms with Gasteiger partial charge < -0.3 is 14.6 Å². The second-order valence-electron chi connectivity index (χ2n) is 5.59. The van der Waals surface area contributed by atoms with E-state index in [1.807, 2.05) is 7.05 Å². The van der Waals surface area contributed by atoms with E-state index < -0.39 is 0 Å². The highest BCUT2D eigenvalue weighted by Crippen LogP contribution is 2.31. The molecule has 2 rings (SSSR count). The number of benzene rings is 1. The van der Waals surface area contributed by atoms with Gasteiger partial charge in [-0.15, -0.1) is 0 Å². The van der Waals surface area contributed by atoms with Gasteiger partial charge in [0.1, 0.15) is 5.75 Å². The molecule has 1 aromatic heterocycles. The number of ether oxygens (including phenoxy) is 1. The van der Waals surface area contributed by atoms with E-state index in [4.69, 9.17) is 4.74 Å². The molecule has 20 heavy (non-hydrogen) atoms. The van der Waals surface area contributed by atoms with Gasteiger partial charge in [-0.1, -0.05) is 6.92 Å². The molecule has 0 bridgehead atoms. The van der Waals surface area contributed by atoms with Crippen LogP contribution in [0.25, 0.3) is 10.9 Å². The molecule has 0 radical (unpaired) electrons. The largest absolute Gasteiger partial charge is 0.494 e. The lowest BCUT2D eigenvalue weighted by molar-refractivity contribution is 0.318. The molecule has 0 atom stereocenters. The number of aromatic nitrogens is 1. The number of rotatable bonds is 6. The smallest absolute Gasteiger partial charge is 0.120 e. The number of hydrogen-bond acceptors (Lipinski definition) is 2. The molecule has 0 fully saturated rings. The Kier molecular flexibility index (Phi) is 4.71.